The van der Waals surface area contributed by atoms with E-state index >= 15 is 0 Å². The van der Waals surface area contributed by atoms with Crippen molar-refractivity contribution in [3.05, 3.63) is 47.5 Å². The molecule has 0 saturated carbocycles. The SMILES string of the molecule is Cc1c(C(=O)Nc2cnn(C(C)(C)C(=O)O)c2)oc2c(C)cccc12. The number of benzene rings is 1. The van der Waals surface area contributed by atoms with Crippen LogP contribution in [0.25, 0.3) is 11.0 Å². The Morgan fingerprint density at radius 1 is 1.28 bits per heavy atom. The van der Waals surface area contributed by atoms with E-state index in [1.54, 1.807) is 0 Å². The van der Waals surface area contributed by atoms with Crippen LogP contribution in [-0.4, -0.2) is 26.8 Å². The summed E-state index contributed by atoms with van der Waals surface area (Å²) in [5, 5.41) is 16.9. The second-order valence-electron chi connectivity index (χ2n) is 6.50. The molecule has 130 valence electrons. The number of hydrogen-bond acceptors (Lipinski definition) is 4. The van der Waals surface area contributed by atoms with Gasteiger partial charge in [0.05, 0.1) is 11.9 Å². The number of para-hydroxylation sites is 1. The van der Waals surface area contributed by atoms with Crippen molar-refractivity contribution in [1.29, 1.82) is 0 Å². The number of amides is 1. The Labute approximate surface area is 144 Å². The number of hydrogen-bond donors (Lipinski definition) is 2. The molecular formula is C18H19N3O4. The maximum atomic E-state index is 12.6. The van der Waals surface area contributed by atoms with Gasteiger partial charge in [0.15, 0.2) is 11.3 Å². The number of aliphatic carboxylic acids is 1. The predicted octanol–water partition coefficient (Wildman–Crippen LogP) is 3.32. The second-order valence-corrected chi connectivity index (χ2v) is 6.50. The fraction of sp³-hybridized carbons (Fsp3) is 0.278. The van der Waals surface area contributed by atoms with E-state index in [-0.39, 0.29) is 5.76 Å². The van der Waals surface area contributed by atoms with Gasteiger partial charge in [-0.25, -0.2) is 4.79 Å². The van der Waals surface area contributed by atoms with Gasteiger partial charge in [0.2, 0.25) is 0 Å². The quantitative estimate of drug-likeness (QED) is 0.759. The third kappa shape index (κ3) is 2.77. The van der Waals surface area contributed by atoms with Crippen molar-refractivity contribution in [3.63, 3.8) is 0 Å². The van der Waals surface area contributed by atoms with Crippen LogP contribution in [0.5, 0.6) is 0 Å². The summed E-state index contributed by atoms with van der Waals surface area (Å²) in [6.07, 6.45) is 2.89. The molecule has 2 N–H and O–H groups in total. The fourth-order valence-electron chi connectivity index (χ4n) is 2.58. The molecule has 0 fully saturated rings. The predicted molar refractivity (Wildman–Crippen MR) is 92.8 cm³/mol. The van der Waals surface area contributed by atoms with Crippen molar-refractivity contribution in [2.24, 2.45) is 0 Å². The lowest BCUT2D eigenvalue weighted by Gasteiger charge is -2.19. The zero-order chi connectivity index (χ0) is 18.4. The highest BCUT2D eigenvalue weighted by Gasteiger charge is 2.30. The topological polar surface area (TPSA) is 97.4 Å². The normalized spacial score (nSPS) is 11.7. The standard InChI is InChI=1S/C18H19N3O4/c1-10-6-5-7-13-11(2)15(25-14(10)13)16(22)20-12-8-19-21(9-12)18(3,4)17(23)24/h5-9H,1-4H3,(H,20,22)(H,23,24). The van der Waals surface area contributed by atoms with E-state index in [2.05, 4.69) is 10.4 Å². The molecule has 2 heterocycles. The van der Waals surface area contributed by atoms with E-state index in [0.717, 1.165) is 16.5 Å². The van der Waals surface area contributed by atoms with Gasteiger partial charge in [-0.2, -0.15) is 5.10 Å². The van der Waals surface area contributed by atoms with Crippen LogP contribution < -0.4 is 5.32 Å². The number of nitrogens with zero attached hydrogens (tertiary/aromatic N) is 2. The molecular weight excluding hydrogens is 322 g/mol. The van der Waals surface area contributed by atoms with Gasteiger partial charge >= 0.3 is 5.97 Å². The Morgan fingerprint density at radius 3 is 2.64 bits per heavy atom. The van der Waals surface area contributed by atoms with Gasteiger partial charge in [-0.1, -0.05) is 18.2 Å². The van der Waals surface area contributed by atoms with Crippen molar-refractivity contribution in [1.82, 2.24) is 9.78 Å². The molecule has 0 atom stereocenters. The summed E-state index contributed by atoms with van der Waals surface area (Å²) in [5.74, 6) is -1.19. The summed E-state index contributed by atoms with van der Waals surface area (Å²) in [6, 6.07) is 5.75. The summed E-state index contributed by atoms with van der Waals surface area (Å²) in [6.45, 7) is 6.81. The van der Waals surface area contributed by atoms with Crippen LogP contribution in [-0.2, 0) is 10.3 Å². The van der Waals surface area contributed by atoms with E-state index < -0.39 is 17.4 Å². The first-order valence-electron chi connectivity index (χ1n) is 7.80. The maximum Gasteiger partial charge on any atom is 0.331 e. The molecule has 0 aliphatic heterocycles. The van der Waals surface area contributed by atoms with Crippen LogP contribution in [0, 0.1) is 13.8 Å². The number of fused-ring (bicyclic) bond motifs is 1. The minimum atomic E-state index is -1.21. The Hall–Kier alpha value is -3.09. The minimum Gasteiger partial charge on any atom is -0.479 e. The summed E-state index contributed by atoms with van der Waals surface area (Å²) < 4.78 is 7.03. The summed E-state index contributed by atoms with van der Waals surface area (Å²) in [7, 11) is 0. The number of aryl methyl sites for hydroxylation is 2. The molecule has 1 aromatic carbocycles. The summed E-state index contributed by atoms with van der Waals surface area (Å²) >= 11 is 0. The summed E-state index contributed by atoms with van der Waals surface area (Å²) in [5.41, 5.74) is 1.59. The van der Waals surface area contributed by atoms with Crippen molar-refractivity contribution in [2.75, 3.05) is 5.32 Å². The van der Waals surface area contributed by atoms with Crippen LogP contribution in [0.15, 0.2) is 35.0 Å². The number of aromatic nitrogens is 2. The Morgan fingerprint density at radius 2 is 2.00 bits per heavy atom. The van der Waals surface area contributed by atoms with E-state index in [4.69, 9.17) is 4.42 Å². The number of rotatable bonds is 4. The molecule has 25 heavy (non-hydrogen) atoms. The van der Waals surface area contributed by atoms with E-state index in [1.165, 1.54) is 30.9 Å². The Bertz CT molecular complexity index is 982. The third-order valence-electron chi connectivity index (χ3n) is 4.30. The number of nitrogens with one attached hydrogen (secondary N) is 1. The average Bonchev–Trinajstić information content (AvgIpc) is 3.14. The van der Waals surface area contributed by atoms with E-state index in [1.807, 2.05) is 32.0 Å². The second kappa shape index (κ2) is 5.77. The first kappa shape index (κ1) is 16.8. The number of carboxylic acid groups (broad SMARTS) is 1. The molecule has 0 unspecified atom stereocenters. The molecule has 3 aromatic rings. The van der Waals surface area contributed by atoms with Crippen LogP contribution in [0.4, 0.5) is 5.69 Å². The highest BCUT2D eigenvalue weighted by Crippen LogP contribution is 2.28. The lowest BCUT2D eigenvalue weighted by atomic mass is 10.1. The summed E-state index contributed by atoms with van der Waals surface area (Å²) in [4.78, 5) is 23.8. The smallest absolute Gasteiger partial charge is 0.331 e. The number of anilines is 1. The molecule has 0 radical (unpaired) electrons. The van der Waals surface area contributed by atoms with Crippen LogP contribution in [0.2, 0.25) is 0 Å². The molecule has 0 saturated heterocycles. The first-order chi connectivity index (χ1) is 11.7. The van der Waals surface area contributed by atoms with Crippen LogP contribution in [0.3, 0.4) is 0 Å². The molecule has 0 aliphatic rings. The molecule has 0 spiro atoms. The first-order valence-corrected chi connectivity index (χ1v) is 7.80. The molecule has 7 heteroatoms. The Balaban J connectivity index is 1.89. The fourth-order valence-corrected chi connectivity index (χ4v) is 2.58. The van der Waals surface area contributed by atoms with Gasteiger partial charge in [-0.05, 0) is 33.3 Å². The van der Waals surface area contributed by atoms with E-state index in [9.17, 15) is 14.7 Å². The molecule has 0 aliphatic carbocycles. The average molecular weight is 341 g/mol. The van der Waals surface area contributed by atoms with Gasteiger partial charge in [0, 0.05) is 17.1 Å². The van der Waals surface area contributed by atoms with Gasteiger partial charge in [-0.3, -0.25) is 9.48 Å². The number of furan rings is 1. The highest BCUT2D eigenvalue weighted by atomic mass is 16.4. The maximum absolute atomic E-state index is 12.6. The molecule has 0 bridgehead atoms. The highest BCUT2D eigenvalue weighted by molar-refractivity contribution is 6.06. The van der Waals surface area contributed by atoms with Crippen LogP contribution in [0.1, 0.15) is 35.5 Å². The van der Waals surface area contributed by atoms with Crippen molar-refractivity contribution < 1.29 is 19.1 Å². The Kier molecular flexibility index (Phi) is 3.87. The van der Waals surface area contributed by atoms with Crippen LogP contribution >= 0.6 is 0 Å². The van der Waals surface area contributed by atoms with Gasteiger partial charge in [0.1, 0.15) is 5.58 Å². The minimum absolute atomic E-state index is 0.231. The molecule has 7 nitrogen and oxygen atoms in total. The molecule has 3 rings (SSSR count). The monoisotopic (exact) mass is 341 g/mol. The largest absolute Gasteiger partial charge is 0.479 e. The number of carboxylic acids is 1. The number of carbonyl (C=O) groups excluding carboxylic acids is 1. The lowest BCUT2D eigenvalue weighted by molar-refractivity contribution is -0.146. The van der Waals surface area contributed by atoms with Crippen molar-refractivity contribution in [3.8, 4) is 0 Å². The zero-order valence-corrected chi connectivity index (χ0v) is 14.5. The van der Waals surface area contributed by atoms with Gasteiger partial charge < -0.3 is 14.8 Å². The van der Waals surface area contributed by atoms with Gasteiger partial charge in [0.25, 0.3) is 5.91 Å². The molecule has 2 aromatic heterocycles. The van der Waals surface area contributed by atoms with Crippen molar-refractivity contribution >= 4 is 28.5 Å². The third-order valence-corrected chi connectivity index (χ3v) is 4.30. The molecule has 1 amide bonds. The van der Waals surface area contributed by atoms with E-state index in [0.29, 0.717) is 11.3 Å². The van der Waals surface area contributed by atoms with Gasteiger partial charge in [-0.15, -0.1) is 0 Å². The van der Waals surface area contributed by atoms with Crippen molar-refractivity contribution in [2.45, 2.75) is 33.2 Å². The number of carbonyl (C=O) groups is 2. The zero-order valence-electron chi connectivity index (χ0n) is 14.5. The lowest BCUT2D eigenvalue weighted by Crippen LogP contribution is -2.35.